The maximum atomic E-state index is 13.5. The maximum absolute atomic E-state index is 13.5. The van der Waals surface area contributed by atoms with E-state index in [0.717, 1.165) is 12.1 Å². The van der Waals surface area contributed by atoms with Crippen LogP contribution in [-0.4, -0.2) is 17.8 Å². The van der Waals surface area contributed by atoms with E-state index in [0.29, 0.717) is 11.9 Å². The summed E-state index contributed by atoms with van der Waals surface area (Å²) in [7, 11) is 0. The molecule has 18 heavy (non-hydrogen) atoms. The van der Waals surface area contributed by atoms with Crippen LogP contribution in [0.15, 0.2) is 12.1 Å². The molecule has 0 atom stereocenters. The summed E-state index contributed by atoms with van der Waals surface area (Å²) in [6.07, 6.45) is 0. The van der Waals surface area contributed by atoms with Crippen molar-refractivity contribution >= 4 is 33.4 Å². The number of hydrogen-bond donors (Lipinski definition) is 1. The number of carbonyl (C=O) groups is 1. The van der Waals surface area contributed by atoms with Gasteiger partial charge in [-0.3, -0.25) is 4.79 Å². The van der Waals surface area contributed by atoms with Crippen LogP contribution in [0.3, 0.4) is 0 Å². The summed E-state index contributed by atoms with van der Waals surface area (Å²) < 4.78 is 26.6. The van der Waals surface area contributed by atoms with Gasteiger partial charge in [-0.2, -0.15) is 0 Å². The molecule has 0 bridgehead atoms. The van der Waals surface area contributed by atoms with Gasteiger partial charge in [0.2, 0.25) is 0 Å². The molecule has 0 saturated carbocycles. The number of halogens is 4. The lowest BCUT2D eigenvalue weighted by molar-refractivity contribution is 0.0935. The van der Waals surface area contributed by atoms with Crippen LogP contribution >= 0.6 is 27.5 Å². The van der Waals surface area contributed by atoms with E-state index < -0.39 is 17.5 Å². The molecular formula is C12H13BrClF2NO. The fourth-order valence-corrected chi connectivity index (χ4v) is 1.51. The average molecular weight is 341 g/mol. The first-order valence-corrected chi connectivity index (χ1v) is 6.75. The lowest BCUT2D eigenvalue weighted by Crippen LogP contribution is -2.35. The van der Waals surface area contributed by atoms with Crippen LogP contribution in [0.2, 0.25) is 5.02 Å². The second-order valence-electron chi connectivity index (χ2n) is 4.73. The molecule has 1 aromatic rings. The van der Waals surface area contributed by atoms with Gasteiger partial charge in [-0.25, -0.2) is 8.78 Å². The minimum atomic E-state index is -0.837. The van der Waals surface area contributed by atoms with Crippen molar-refractivity contribution in [3.8, 4) is 0 Å². The Bertz CT molecular complexity index is 466. The van der Waals surface area contributed by atoms with Gasteiger partial charge >= 0.3 is 0 Å². The van der Waals surface area contributed by atoms with Crippen LogP contribution in [0.5, 0.6) is 0 Å². The molecule has 0 saturated heterocycles. The Kier molecular flexibility index (Phi) is 5.10. The van der Waals surface area contributed by atoms with Crippen molar-refractivity contribution in [3.63, 3.8) is 0 Å². The Morgan fingerprint density at radius 1 is 1.39 bits per heavy atom. The van der Waals surface area contributed by atoms with Gasteiger partial charge in [0.25, 0.3) is 5.91 Å². The molecule has 0 radical (unpaired) electrons. The van der Waals surface area contributed by atoms with E-state index in [4.69, 9.17) is 11.6 Å². The lowest BCUT2D eigenvalue weighted by atomic mass is 9.97. The van der Waals surface area contributed by atoms with Crippen molar-refractivity contribution < 1.29 is 13.6 Å². The average Bonchev–Trinajstić information content (AvgIpc) is 2.31. The maximum Gasteiger partial charge on any atom is 0.254 e. The predicted octanol–water partition coefficient (Wildman–Crippen LogP) is 3.77. The number of carbonyl (C=O) groups excluding carboxylic acids is 1. The first kappa shape index (κ1) is 15.4. The number of amides is 1. The highest BCUT2D eigenvalue weighted by atomic mass is 79.9. The smallest absolute Gasteiger partial charge is 0.254 e. The standard InChI is InChI=1S/C12H13BrClF2NO/c1-12(2,5-13)6-17-11(18)7-3-10(16)8(14)4-9(7)15/h3-4H,5-6H2,1-2H3,(H,17,18). The summed E-state index contributed by atoms with van der Waals surface area (Å²) in [5.74, 6) is -2.31. The molecule has 1 aromatic carbocycles. The zero-order chi connectivity index (χ0) is 13.9. The van der Waals surface area contributed by atoms with E-state index in [1.807, 2.05) is 13.8 Å². The minimum absolute atomic E-state index is 0.170. The van der Waals surface area contributed by atoms with Gasteiger partial charge in [0.1, 0.15) is 11.6 Å². The van der Waals surface area contributed by atoms with Gasteiger partial charge in [-0.15, -0.1) is 0 Å². The topological polar surface area (TPSA) is 29.1 Å². The van der Waals surface area contributed by atoms with Crippen LogP contribution in [0, 0.1) is 17.0 Å². The molecule has 1 rings (SSSR count). The zero-order valence-electron chi connectivity index (χ0n) is 9.99. The predicted molar refractivity (Wildman–Crippen MR) is 71.3 cm³/mol. The van der Waals surface area contributed by atoms with Crippen LogP contribution in [0.1, 0.15) is 24.2 Å². The van der Waals surface area contributed by atoms with Crippen molar-refractivity contribution in [1.82, 2.24) is 5.32 Å². The van der Waals surface area contributed by atoms with E-state index in [2.05, 4.69) is 21.2 Å². The normalized spacial score (nSPS) is 11.4. The highest BCUT2D eigenvalue weighted by Gasteiger charge is 2.20. The number of alkyl halides is 1. The summed E-state index contributed by atoms with van der Waals surface area (Å²) in [6.45, 7) is 4.21. The highest BCUT2D eigenvalue weighted by Crippen LogP contribution is 2.20. The Hall–Kier alpha value is -0.680. The monoisotopic (exact) mass is 339 g/mol. The molecular weight excluding hydrogens is 327 g/mol. The van der Waals surface area contributed by atoms with Crippen molar-refractivity contribution in [2.75, 3.05) is 11.9 Å². The molecule has 1 N–H and O–H groups in total. The van der Waals surface area contributed by atoms with E-state index in [1.54, 1.807) is 0 Å². The lowest BCUT2D eigenvalue weighted by Gasteiger charge is -2.21. The van der Waals surface area contributed by atoms with Crippen LogP contribution in [-0.2, 0) is 0 Å². The summed E-state index contributed by atoms with van der Waals surface area (Å²) >= 11 is 8.72. The molecule has 0 aliphatic rings. The molecule has 2 nitrogen and oxygen atoms in total. The van der Waals surface area contributed by atoms with E-state index >= 15 is 0 Å². The fraction of sp³-hybridized carbons (Fsp3) is 0.417. The molecule has 0 spiro atoms. The minimum Gasteiger partial charge on any atom is -0.351 e. The molecule has 1 amide bonds. The van der Waals surface area contributed by atoms with Gasteiger partial charge < -0.3 is 5.32 Å². The first-order chi connectivity index (χ1) is 8.26. The number of rotatable bonds is 4. The van der Waals surface area contributed by atoms with Gasteiger partial charge in [0.05, 0.1) is 10.6 Å². The summed E-state index contributed by atoms with van der Waals surface area (Å²) in [5, 5.41) is 2.89. The van der Waals surface area contributed by atoms with E-state index in [9.17, 15) is 13.6 Å². The molecule has 6 heteroatoms. The third kappa shape index (κ3) is 3.92. The van der Waals surface area contributed by atoms with Crippen LogP contribution in [0.25, 0.3) is 0 Å². The largest absolute Gasteiger partial charge is 0.351 e. The Morgan fingerprint density at radius 3 is 2.56 bits per heavy atom. The molecule has 0 aliphatic heterocycles. The number of nitrogens with one attached hydrogen (secondary N) is 1. The molecule has 100 valence electrons. The third-order valence-electron chi connectivity index (χ3n) is 2.34. The Balaban J connectivity index is 2.82. The molecule has 0 unspecified atom stereocenters. The summed E-state index contributed by atoms with van der Waals surface area (Å²) in [5.41, 5.74) is -0.515. The van der Waals surface area contributed by atoms with Crippen LogP contribution in [0.4, 0.5) is 8.78 Å². The SMILES string of the molecule is CC(C)(CBr)CNC(=O)c1cc(F)c(Cl)cc1F. The van der Waals surface area contributed by atoms with Gasteiger partial charge in [0, 0.05) is 11.9 Å². The van der Waals surface area contributed by atoms with Crippen molar-refractivity contribution in [2.24, 2.45) is 5.41 Å². The second-order valence-corrected chi connectivity index (χ2v) is 5.69. The quantitative estimate of drug-likeness (QED) is 0.656. The molecule has 0 aromatic heterocycles. The van der Waals surface area contributed by atoms with E-state index in [1.165, 1.54) is 0 Å². The third-order valence-corrected chi connectivity index (χ3v) is 4.15. The van der Waals surface area contributed by atoms with Gasteiger partial charge in [-0.1, -0.05) is 41.4 Å². The molecule has 0 heterocycles. The molecule has 0 aliphatic carbocycles. The zero-order valence-corrected chi connectivity index (χ0v) is 12.3. The Labute approximate surface area is 118 Å². The van der Waals surface area contributed by atoms with Crippen molar-refractivity contribution in [1.29, 1.82) is 0 Å². The van der Waals surface area contributed by atoms with Crippen LogP contribution < -0.4 is 5.32 Å². The highest BCUT2D eigenvalue weighted by molar-refractivity contribution is 9.09. The second kappa shape index (κ2) is 5.97. The first-order valence-electron chi connectivity index (χ1n) is 5.25. The van der Waals surface area contributed by atoms with Crippen molar-refractivity contribution in [2.45, 2.75) is 13.8 Å². The molecule has 0 fully saturated rings. The number of benzene rings is 1. The Morgan fingerprint density at radius 2 is 2.00 bits per heavy atom. The fourth-order valence-electron chi connectivity index (χ4n) is 1.16. The van der Waals surface area contributed by atoms with E-state index in [-0.39, 0.29) is 16.0 Å². The number of hydrogen-bond acceptors (Lipinski definition) is 1. The van der Waals surface area contributed by atoms with Gasteiger partial charge in [0.15, 0.2) is 0 Å². The summed E-state index contributed by atoms with van der Waals surface area (Å²) in [4.78, 5) is 11.7. The van der Waals surface area contributed by atoms with Gasteiger partial charge in [-0.05, 0) is 17.5 Å². The van der Waals surface area contributed by atoms with Crippen molar-refractivity contribution in [3.05, 3.63) is 34.4 Å². The summed E-state index contributed by atoms with van der Waals surface area (Å²) in [6, 6.07) is 1.59.